The molecule has 0 aromatic carbocycles. The fourth-order valence-electron chi connectivity index (χ4n) is 2.41. The number of nitrogens with two attached hydrogens (primary N) is 1. The molecule has 18 heavy (non-hydrogen) atoms. The SMILES string of the molecule is NC(=S)CN(C(=O)c1cccnc1)C1CCCC1. The van der Waals surface area contributed by atoms with Crippen molar-refractivity contribution >= 4 is 23.1 Å². The Labute approximate surface area is 112 Å². The van der Waals surface area contributed by atoms with Crippen molar-refractivity contribution in [2.45, 2.75) is 31.7 Å². The van der Waals surface area contributed by atoms with Crippen LogP contribution in [0.2, 0.25) is 0 Å². The fourth-order valence-corrected chi connectivity index (χ4v) is 2.54. The summed E-state index contributed by atoms with van der Waals surface area (Å²) in [6.45, 7) is 0.355. The standard InChI is InChI=1S/C13H17N3OS/c14-12(18)9-16(11-5-1-2-6-11)13(17)10-4-3-7-15-8-10/h3-4,7-8,11H,1-2,5-6,9H2,(H2,14,18). The number of pyridine rings is 1. The molecular formula is C13H17N3OS. The normalized spacial score (nSPS) is 15.6. The van der Waals surface area contributed by atoms with E-state index in [4.69, 9.17) is 18.0 Å². The minimum Gasteiger partial charge on any atom is -0.392 e. The van der Waals surface area contributed by atoms with Gasteiger partial charge < -0.3 is 10.6 Å². The molecule has 1 aromatic heterocycles. The fraction of sp³-hybridized carbons (Fsp3) is 0.462. The summed E-state index contributed by atoms with van der Waals surface area (Å²) < 4.78 is 0. The first-order valence-corrected chi connectivity index (χ1v) is 6.58. The molecule has 0 aliphatic heterocycles. The van der Waals surface area contributed by atoms with Crippen molar-refractivity contribution in [3.8, 4) is 0 Å². The van der Waals surface area contributed by atoms with Crippen LogP contribution in [0.1, 0.15) is 36.0 Å². The van der Waals surface area contributed by atoms with E-state index in [0.29, 0.717) is 17.1 Å². The number of hydrogen-bond donors (Lipinski definition) is 1. The van der Waals surface area contributed by atoms with E-state index in [1.807, 2.05) is 0 Å². The second kappa shape index (κ2) is 5.91. The lowest BCUT2D eigenvalue weighted by atomic mass is 10.1. The lowest BCUT2D eigenvalue weighted by Gasteiger charge is -2.28. The molecule has 2 N–H and O–H groups in total. The van der Waals surface area contributed by atoms with Crippen LogP contribution >= 0.6 is 12.2 Å². The molecule has 1 amide bonds. The molecule has 5 heteroatoms. The lowest BCUT2D eigenvalue weighted by molar-refractivity contribution is 0.0714. The van der Waals surface area contributed by atoms with Gasteiger partial charge in [0.25, 0.3) is 5.91 Å². The molecule has 1 aliphatic rings. The molecule has 0 bridgehead atoms. The van der Waals surface area contributed by atoms with Gasteiger partial charge in [0.05, 0.1) is 17.1 Å². The summed E-state index contributed by atoms with van der Waals surface area (Å²) in [5.41, 5.74) is 6.20. The van der Waals surface area contributed by atoms with Gasteiger partial charge in [-0.2, -0.15) is 0 Å². The number of carbonyl (C=O) groups excluding carboxylic acids is 1. The molecule has 0 saturated heterocycles. The van der Waals surface area contributed by atoms with Crippen LogP contribution in [0.15, 0.2) is 24.5 Å². The largest absolute Gasteiger partial charge is 0.392 e. The number of amides is 1. The molecule has 1 aliphatic carbocycles. The van der Waals surface area contributed by atoms with Gasteiger partial charge in [0.1, 0.15) is 0 Å². The molecule has 1 saturated carbocycles. The van der Waals surface area contributed by atoms with Gasteiger partial charge in [-0.25, -0.2) is 0 Å². The van der Waals surface area contributed by atoms with Gasteiger partial charge in [0.2, 0.25) is 0 Å². The highest BCUT2D eigenvalue weighted by atomic mass is 32.1. The molecular weight excluding hydrogens is 246 g/mol. The second-order valence-corrected chi connectivity index (χ2v) is 5.10. The molecule has 0 unspecified atom stereocenters. The zero-order valence-corrected chi connectivity index (χ0v) is 11.0. The predicted octanol–water partition coefficient (Wildman–Crippen LogP) is 1.75. The first kappa shape index (κ1) is 13.0. The van der Waals surface area contributed by atoms with E-state index in [9.17, 15) is 4.79 Å². The van der Waals surface area contributed by atoms with Crippen LogP contribution in [-0.4, -0.2) is 33.4 Å². The molecule has 4 nitrogen and oxygen atoms in total. The van der Waals surface area contributed by atoms with E-state index in [1.165, 1.54) is 12.8 Å². The van der Waals surface area contributed by atoms with Crippen LogP contribution in [0.3, 0.4) is 0 Å². The van der Waals surface area contributed by atoms with Crippen LogP contribution in [0.25, 0.3) is 0 Å². The van der Waals surface area contributed by atoms with Crippen molar-refractivity contribution in [2.75, 3.05) is 6.54 Å². The average molecular weight is 263 g/mol. The predicted molar refractivity (Wildman–Crippen MR) is 74.3 cm³/mol. The van der Waals surface area contributed by atoms with E-state index in [-0.39, 0.29) is 11.9 Å². The lowest BCUT2D eigenvalue weighted by Crippen LogP contribution is -2.43. The Morgan fingerprint density at radius 2 is 2.22 bits per heavy atom. The maximum atomic E-state index is 12.4. The highest BCUT2D eigenvalue weighted by Crippen LogP contribution is 2.24. The number of aromatic nitrogens is 1. The second-order valence-electron chi connectivity index (χ2n) is 4.58. The summed E-state index contributed by atoms with van der Waals surface area (Å²) in [5, 5.41) is 0. The molecule has 1 heterocycles. The van der Waals surface area contributed by atoms with Gasteiger partial charge >= 0.3 is 0 Å². The Morgan fingerprint density at radius 3 is 2.78 bits per heavy atom. The van der Waals surface area contributed by atoms with Gasteiger partial charge in [-0.15, -0.1) is 0 Å². The molecule has 0 atom stereocenters. The van der Waals surface area contributed by atoms with Gasteiger partial charge in [-0.3, -0.25) is 9.78 Å². The van der Waals surface area contributed by atoms with Crippen molar-refractivity contribution in [1.82, 2.24) is 9.88 Å². The van der Waals surface area contributed by atoms with Gasteiger partial charge in [-0.05, 0) is 25.0 Å². The highest BCUT2D eigenvalue weighted by Gasteiger charge is 2.27. The van der Waals surface area contributed by atoms with E-state index in [0.717, 1.165) is 12.8 Å². The van der Waals surface area contributed by atoms with E-state index in [2.05, 4.69) is 4.98 Å². The quantitative estimate of drug-likeness (QED) is 0.841. The van der Waals surface area contributed by atoms with Gasteiger partial charge in [0, 0.05) is 18.4 Å². The average Bonchev–Trinajstić information content (AvgIpc) is 2.89. The van der Waals surface area contributed by atoms with E-state index < -0.39 is 0 Å². The third kappa shape index (κ3) is 3.04. The molecule has 0 spiro atoms. The molecule has 1 aromatic rings. The zero-order valence-electron chi connectivity index (χ0n) is 10.2. The first-order valence-electron chi connectivity index (χ1n) is 6.18. The van der Waals surface area contributed by atoms with Crippen molar-refractivity contribution in [1.29, 1.82) is 0 Å². The third-order valence-electron chi connectivity index (χ3n) is 3.26. The van der Waals surface area contributed by atoms with Gasteiger partial charge in [-0.1, -0.05) is 25.1 Å². The van der Waals surface area contributed by atoms with Crippen LogP contribution in [-0.2, 0) is 0 Å². The summed E-state index contributed by atoms with van der Waals surface area (Å²) in [4.78, 5) is 18.6. The Bertz CT molecular complexity index is 429. The Kier molecular flexibility index (Phi) is 4.25. The molecule has 0 radical (unpaired) electrons. The van der Waals surface area contributed by atoms with Crippen molar-refractivity contribution < 1.29 is 4.79 Å². The topological polar surface area (TPSA) is 59.2 Å². The Hall–Kier alpha value is -1.49. The van der Waals surface area contributed by atoms with Crippen LogP contribution in [0.5, 0.6) is 0 Å². The van der Waals surface area contributed by atoms with Crippen molar-refractivity contribution in [2.24, 2.45) is 5.73 Å². The highest BCUT2D eigenvalue weighted by molar-refractivity contribution is 7.80. The summed E-state index contributed by atoms with van der Waals surface area (Å²) >= 11 is 4.94. The van der Waals surface area contributed by atoms with Crippen LogP contribution in [0, 0.1) is 0 Å². The van der Waals surface area contributed by atoms with Crippen molar-refractivity contribution in [3.63, 3.8) is 0 Å². The maximum absolute atomic E-state index is 12.4. The molecule has 2 rings (SSSR count). The van der Waals surface area contributed by atoms with Crippen molar-refractivity contribution in [3.05, 3.63) is 30.1 Å². The Morgan fingerprint density at radius 1 is 1.50 bits per heavy atom. The summed E-state index contributed by atoms with van der Waals surface area (Å²) in [6.07, 6.45) is 7.65. The summed E-state index contributed by atoms with van der Waals surface area (Å²) in [5.74, 6) is -0.0252. The smallest absolute Gasteiger partial charge is 0.256 e. The number of thiocarbonyl (C=S) groups is 1. The van der Waals surface area contributed by atoms with Gasteiger partial charge in [0.15, 0.2) is 0 Å². The maximum Gasteiger partial charge on any atom is 0.256 e. The summed E-state index contributed by atoms with van der Waals surface area (Å²) in [6, 6.07) is 3.80. The zero-order chi connectivity index (χ0) is 13.0. The molecule has 96 valence electrons. The number of hydrogen-bond acceptors (Lipinski definition) is 3. The minimum atomic E-state index is -0.0252. The number of rotatable bonds is 4. The third-order valence-corrected chi connectivity index (χ3v) is 3.39. The van der Waals surface area contributed by atoms with E-state index in [1.54, 1.807) is 29.4 Å². The van der Waals surface area contributed by atoms with Crippen LogP contribution in [0.4, 0.5) is 0 Å². The summed E-state index contributed by atoms with van der Waals surface area (Å²) in [7, 11) is 0. The van der Waals surface area contributed by atoms with E-state index >= 15 is 0 Å². The minimum absolute atomic E-state index is 0.0252. The number of carbonyl (C=O) groups is 1. The van der Waals surface area contributed by atoms with Crippen LogP contribution < -0.4 is 5.73 Å². The Balaban J connectivity index is 2.17. The first-order chi connectivity index (χ1) is 8.68. The number of nitrogens with zero attached hydrogens (tertiary/aromatic N) is 2. The monoisotopic (exact) mass is 263 g/mol. The molecule has 1 fully saturated rings.